The molecule has 0 saturated heterocycles. The first-order chi connectivity index (χ1) is 6.54. The van der Waals surface area contributed by atoms with Crippen molar-refractivity contribution >= 4 is 11.9 Å². The molecule has 14 heavy (non-hydrogen) atoms. The molecule has 0 unspecified atom stereocenters. The fourth-order valence-corrected chi connectivity index (χ4v) is 0.236. The fourth-order valence-electron chi connectivity index (χ4n) is 0.236. The predicted molar refractivity (Wildman–Crippen MR) is 40.3 cm³/mol. The summed E-state index contributed by atoms with van der Waals surface area (Å²) in [6, 6.07) is 0. The van der Waals surface area contributed by atoms with Crippen molar-refractivity contribution in [2.45, 2.75) is 12.8 Å². The molecule has 0 heterocycles. The van der Waals surface area contributed by atoms with E-state index in [9.17, 15) is 19.8 Å². The average Bonchev–Trinajstić information content (AvgIpc) is 2.08. The van der Waals surface area contributed by atoms with E-state index >= 15 is 0 Å². The summed E-state index contributed by atoms with van der Waals surface area (Å²) >= 11 is 0.300. The van der Waals surface area contributed by atoms with Crippen molar-refractivity contribution in [2.75, 3.05) is 0 Å². The molecular formula is C8H10O5Zr. The summed E-state index contributed by atoms with van der Waals surface area (Å²) in [7, 11) is 0. The summed E-state index contributed by atoms with van der Waals surface area (Å²) < 4.78 is 8.34. The summed E-state index contributed by atoms with van der Waals surface area (Å²) in [6.07, 6.45) is 2.46. The van der Waals surface area contributed by atoms with Crippen molar-refractivity contribution in [2.24, 2.45) is 0 Å². The van der Waals surface area contributed by atoms with Crippen LogP contribution in [0.5, 0.6) is 0 Å². The minimum absolute atomic E-state index is 0.0556. The van der Waals surface area contributed by atoms with E-state index in [0.717, 1.165) is 0 Å². The third-order valence-corrected chi connectivity index (χ3v) is 0.622. The Balaban J connectivity index is -0.000000147. The van der Waals surface area contributed by atoms with E-state index in [-0.39, 0.29) is 12.8 Å². The summed E-state index contributed by atoms with van der Waals surface area (Å²) in [5.41, 5.74) is 0. The van der Waals surface area contributed by atoms with Crippen molar-refractivity contribution in [3.05, 3.63) is 25.3 Å². The van der Waals surface area contributed by atoms with Gasteiger partial charge in [-0.25, -0.2) is 0 Å². The molecule has 0 aromatic rings. The van der Waals surface area contributed by atoms with Crippen molar-refractivity contribution in [1.82, 2.24) is 0 Å². The molecule has 76 valence electrons. The van der Waals surface area contributed by atoms with Crippen molar-refractivity contribution < 1.29 is 47.3 Å². The van der Waals surface area contributed by atoms with Crippen LogP contribution in [0.1, 0.15) is 12.8 Å². The van der Waals surface area contributed by atoms with Crippen LogP contribution >= 0.6 is 0 Å². The number of carboxylic acids is 2. The van der Waals surface area contributed by atoms with Gasteiger partial charge in [0, 0.05) is 24.8 Å². The van der Waals surface area contributed by atoms with E-state index < -0.39 is 11.9 Å². The number of carboxylic acid groups (broad SMARTS) is 2. The normalized spacial score (nSPS) is 6.71. The molecule has 0 atom stereocenters. The van der Waals surface area contributed by atoms with Gasteiger partial charge in [-0.3, -0.25) is 0 Å². The van der Waals surface area contributed by atoms with Gasteiger partial charge in [-0.05, 0) is 0 Å². The van der Waals surface area contributed by atoms with Gasteiger partial charge < -0.3 is 19.8 Å². The zero-order valence-electron chi connectivity index (χ0n) is 7.52. The summed E-state index contributed by atoms with van der Waals surface area (Å²) in [5.74, 6) is -2.16. The molecular weight excluding hydrogens is 267 g/mol. The van der Waals surface area contributed by atoms with Crippen LogP contribution in [0.25, 0.3) is 0 Å². The number of rotatable bonds is 4. The molecule has 0 bridgehead atoms. The number of hydrogen-bond donors (Lipinski definition) is 0. The van der Waals surface area contributed by atoms with Gasteiger partial charge in [-0.15, -0.1) is 13.2 Å². The molecule has 5 nitrogen and oxygen atoms in total. The average molecular weight is 277 g/mol. The number of carbonyl (C=O) groups excluding carboxylic acids is 2. The second-order valence-electron chi connectivity index (χ2n) is 1.73. The maximum atomic E-state index is 9.42. The molecule has 0 fully saturated rings. The maximum absolute atomic E-state index is 9.42. The Labute approximate surface area is 97.4 Å². The number of hydrogen-bond acceptors (Lipinski definition) is 5. The van der Waals surface area contributed by atoms with Crippen molar-refractivity contribution in [3.63, 3.8) is 0 Å². The summed E-state index contributed by atoms with van der Waals surface area (Å²) in [4.78, 5) is 18.8. The SMILES string of the molecule is C=CCC(=O)[O-].C=CCC(=O)[O-].[O]=[Zr+2]. The molecule has 0 aliphatic rings. The van der Waals surface area contributed by atoms with Gasteiger partial charge >= 0.3 is 27.5 Å². The Morgan fingerprint density at radius 2 is 1.21 bits per heavy atom. The van der Waals surface area contributed by atoms with E-state index in [4.69, 9.17) is 2.81 Å². The molecule has 0 spiro atoms. The van der Waals surface area contributed by atoms with Crippen LogP contribution in [-0.4, -0.2) is 11.9 Å². The Morgan fingerprint density at radius 3 is 1.21 bits per heavy atom. The third-order valence-electron chi connectivity index (χ3n) is 0.622. The first-order valence-electron chi connectivity index (χ1n) is 3.36. The quantitative estimate of drug-likeness (QED) is 0.583. The zero-order valence-corrected chi connectivity index (χ0v) is 9.98. The molecule has 6 heteroatoms. The van der Waals surface area contributed by atoms with Gasteiger partial charge in [0.2, 0.25) is 0 Å². The Morgan fingerprint density at radius 1 is 1.00 bits per heavy atom. The van der Waals surface area contributed by atoms with Crippen LogP contribution in [0.3, 0.4) is 0 Å². The molecule has 0 N–H and O–H groups in total. The Kier molecular flexibility index (Phi) is 24.2. The van der Waals surface area contributed by atoms with E-state index in [1.807, 2.05) is 0 Å². The third kappa shape index (κ3) is 43.5. The van der Waals surface area contributed by atoms with E-state index in [2.05, 4.69) is 13.2 Å². The van der Waals surface area contributed by atoms with E-state index in [1.165, 1.54) is 12.2 Å². The molecule has 0 aromatic carbocycles. The van der Waals surface area contributed by atoms with Crippen LogP contribution in [0.15, 0.2) is 25.3 Å². The van der Waals surface area contributed by atoms with Crippen LogP contribution in [-0.2, 0) is 37.1 Å². The van der Waals surface area contributed by atoms with Crippen molar-refractivity contribution in [3.8, 4) is 0 Å². The van der Waals surface area contributed by atoms with E-state index in [0.29, 0.717) is 24.7 Å². The number of aliphatic carboxylic acids is 2. The monoisotopic (exact) mass is 276 g/mol. The second-order valence-corrected chi connectivity index (χ2v) is 1.73. The van der Waals surface area contributed by atoms with Gasteiger partial charge in [0.1, 0.15) is 0 Å². The molecule has 0 aliphatic carbocycles. The first-order valence-corrected chi connectivity index (χ1v) is 4.36. The second kappa shape index (κ2) is 18.0. The Hall–Kier alpha value is -0.897. The fraction of sp³-hybridized carbons (Fsp3) is 0.250. The molecule has 0 saturated carbocycles. The zero-order chi connectivity index (χ0) is 12.0. The van der Waals surface area contributed by atoms with E-state index in [1.54, 1.807) is 0 Å². The van der Waals surface area contributed by atoms with Crippen molar-refractivity contribution in [1.29, 1.82) is 0 Å². The minimum atomic E-state index is -1.08. The topological polar surface area (TPSA) is 97.3 Å². The standard InChI is InChI=1S/2C4H6O2.O.Zr/c2*1-2-3-4(5)6;;/h2*2H,1,3H2,(H,5,6);;/q;;;+2/p-2. The summed E-state index contributed by atoms with van der Waals surface area (Å²) in [6.45, 7) is 6.36. The van der Waals surface area contributed by atoms with Gasteiger partial charge in [-0.2, -0.15) is 0 Å². The van der Waals surface area contributed by atoms with Gasteiger partial charge in [0.05, 0.1) is 0 Å². The number of carbonyl (C=O) groups is 2. The molecule has 0 radical (unpaired) electrons. The first kappa shape index (κ1) is 18.8. The summed E-state index contributed by atoms with van der Waals surface area (Å²) in [5, 5.41) is 18.8. The van der Waals surface area contributed by atoms with Gasteiger partial charge in [-0.1, -0.05) is 12.2 Å². The van der Waals surface area contributed by atoms with Crippen LogP contribution in [0.4, 0.5) is 0 Å². The van der Waals surface area contributed by atoms with Gasteiger partial charge in [0.15, 0.2) is 0 Å². The van der Waals surface area contributed by atoms with Crippen LogP contribution < -0.4 is 10.2 Å². The Bertz CT molecular complexity index is 170. The molecule has 0 aliphatic heterocycles. The van der Waals surface area contributed by atoms with Gasteiger partial charge in [0.25, 0.3) is 0 Å². The molecule has 0 amide bonds. The molecule has 0 rings (SSSR count). The predicted octanol–water partition coefficient (Wildman–Crippen LogP) is -1.50. The molecule has 0 aromatic heterocycles. The van der Waals surface area contributed by atoms with Crippen LogP contribution in [0.2, 0.25) is 0 Å². The van der Waals surface area contributed by atoms with Crippen LogP contribution in [0, 0.1) is 0 Å².